The average Bonchev–Trinajstić information content (AvgIpc) is 2.85. The van der Waals surface area contributed by atoms with Crippen LogP contribution in [-0.2, 0) is 13.0 Å². The van der Waals surface area contributed by atoms with E-state index in [1.165, 1.54) is 18.2 Å². The van der Waals surface area contributed by atoms with Crippen LogP contribution in [0.25, 0.3) is 0 Å². The standard InChI is InChI=1S/C13H13FN2O3/c1-2-9-6-7-10(19-9)8-15-13-11(14)4-3-5-12(13)16(17)18/h3-7,15H,2,8H2,1H3. The molecular weight excluding hydrogens is 251 g/mol. The van der Waals surface area contributed by atoms with Crippen LogP contribution < -0.4 is 5.32 Å². The Morgan fingerprint density at radius 1 is 1.32 bits per heavy atom. The fourth-order valence-electron chi connectivity index (χ4n) is 1.72. The fourth-order valence-corrected chi connectivity index (χ4v) is 1.72. The van der Waals surface area contributed by atoms with E-state index in [9.17, 15) is 14.5 Å². The van der Waals surface area contributed by atoms with Gasteiger partial charge in [-0.15, -0.1) is 0 Å². The molecule has 6 heteroatoms. The van der Waals surface area contributed by atoms with Crippen LogP contribution in [-0.4, -0.2) is 4.92 Å². The zero-order valence-electron chi connectivity index (χ0n) is 10.4. The van der Waals surface area contributed by atoms with E-state index in [2.05, 4.69) is 5.32 Å². The van der Waals surface area contributed by atoms with Crippen molar-refractivity contribution in [3.63, 3.8) is 0 Å². The second kappa shape index (κ2) is 5.51. The molecule has 2 aromatic rings. The molecule has 0 radical (unpaired) electrons. The van der Waals surface area contributed by atoms with Crippen molar-refractivity contribution in [2.24, 2.45) is 0 Å². The van der Waals surface area contributed by atoms with E-state index >= 15 is 0 Å². The fraction of sp³-hybridized carbons (Fsp3) is 0.231. The first kappa shape index (κ1) is 13.1. The maximum absolute atomic E-state index is 13.6. The monoisotopic (exact) mass is 264 g/mol. The summed E-state index contributed by atoms with van der Waals surface area (Å²) < 4.78 is 19.0. The third kappa shape index (κ3) is 2.90. The van der Waals surface area contributed by atoms with Crippen LogP contribution in [0.2, 0.25) is 0 Å². The third-order valence-electron chi connectivity index (χ3n) is 2.69. The number of nitrogens with zero attached hydrogens (tertiary/aromatic N) is 1. The summed E-state index contributed by atoms with van der Waals surface area (Å²) in [6.07, 6.45) is 0.764. The van der Waals surface area contributed by atoms with E-state index in [1.54, 1.807) is 6.07 Å². The lowest BCUT2D eigenvalue weighted by Gasteiger charge is -2.06. The van der Waals surface area contributed by atoms with Gasteiger partial charge in [0, 0.05) is 12.5 Å². The number of nitrogens with one attached hydrogen (secondary N) is 1. The second-order valence-corrected chi connectivity index (χ2v) is 3.97. The zero-order chi connectivity index (χ0) is 13.8. The molecule has 0 aliphatic carbocycles. The quantitative estimate of drug-likeness (QED) is 0.662. The van der Waals surface area contributed by atoms with Crippen molar-refractivity contribution in [3.05, 3.63) is 57.8 Å². The largest absolute Gasteiger partial charge is 0.464 e. The number of para-hydroxylation sites is 1. The SMILES string of the molecule is CCc1ccc(CNc2c(F)cccc2[N+](=O)[O-])o1. The van der Waals surface area contributed by atoms with E-state index in [0.717, 1.165) is 12.2 Å². The Bertz CT molecular complexity index is 595. The van der Waals surface area contributed by atoms with Crippen molar-refractivity contribution in [2.45, 2.75) is 19.9 Å². The van der Waals surface area contributed by atoms with Gasteiger partial charge in [0.2, 0.25) is 0 Å². The summed E-state index contributed by atoms with van der Waals surface area (Å²) in [6, 6.07) is 7.33. The Hall–Kier alpha value is -2.37. The Kier molecular flexibility index (Phi) is 3.79. The first-order valence-electron chi connectivity index (χ1n) is 5.86. The summed E-state index contributed by atoms with van der Waals surface area (Å²) in [4.78, 5) is 10.2. The molecule has 5 nitrogen and oxygen atoms in total. The molecule has 100 valence electrons. The van der Waals surface area contributed by atoms with Crippen molar-refractivity contribution in [2.75, 3.05) is 5.32 Å². The van der Waals surface area contributed by atoms with Gasteiger partial charge >= 0.3 is 0 Å². The molecule has 0 fully saturated rings. The predicted molar refractivity (Wildman–Crippen MR) is 68.5 cm³/mol. The van der Waals surface area contributed by atoms with Gasteiger partial charge in [-0.2, -0.15) is 0 Å². The van der Waals surface area contributed by atoms with Gasteiger partial charge in [-0.3, -0.25) is 10.1 Å². The highest BCUT2D eigenvalue weighted by atomic mass is 19.1. The maximum Gasteiger partial charge on any atom is 0.295 e. The molecular formula is C13H13FN2O3. The van der Waals surface area contributed by atoms with Crippen molar-refractivity contribution in [3.8, 4) is 0 Å². The number of rotatable bonds is 5. The molecule has 0 spiro atoms. The summed E-state index contributed by atoms with van der Waals surface area (Å²) in [5.41, 5.74) is -0.413. The molecule has 0 saturated heterocycles. The highest BCUT2D eigenvalue weighted by Crippen LogP contribution is 2.27. The van der Waals surface area contributed by atoms with E-state index < -0.39 is 10.7 Å². The van der Waals surface area contributed by atoms with Crippen molar-refractivity contribution in [1.82, 2.24) is 0 Å². The van der Waals surface area contributed by atoms with Gasteiger partial charge in [0.05, 0.1) is 11.5 Å². The van der Waals surface area contributed by atoms with Gasteiger partial charge in [-0.05, 0) is 18.2 Å². The minimum atomic E-state index is -0.656. The van der Waals surface area contributed by atoms with Gasteiger partial charge in [-0.1, -0.05) is 13.0 Å². The molecule has 0 aliphatic heterocycles. The number of hydrogen-bond acceptors (Lipinski definition) is 4. The molecule has 0 aliphatic rings. The molecule has 2 rings (SSSR count). The van der Waals surface area contributed by atoms with Crippen LogP contribution in [0.4, 0.5) is 15.8 Å². The lowest BCUT2D eigenvalue weighted by Crippen LogP contribution is -2.04. The third-order valence-corrected chi connectivity index (χ3v) is 2.69. The topological polar surface area (TPSA) is 68.3 Å². The molecule has 0 bridgehead atoms. The minimum absolute atomic E-state index is 0.123. The zero-order valence-corrected chi connectivity index (χ0v) is 10.4. The van der Waals surface area contributed by atoms with Crippen LogP contribution in [0.1, 0.15) is 18.4 Å². The van der Waals surface area contributed by atoms with Crippen molar-refractivity contribution < 1.29 is 13.7 Å². The van der Waals surface area contributed by atoms with Gasteiger partial charge in [-0.25, -0.2) is 4.39 Å². The van der Waals surface area contributed by atoms with Gasteiger partial charge in [0.1, 0.15) is 17.2 Å². The molecule has 19 heavy (non-hydrogen) atoms. The normalized spacial score (nSPS) is 10.4. The molecule has 0 saturated carbocycles. The Labute approximate surface area is 109 Å². The van der Waals surface area contributed by atoms with Crippen molar-refractivity contribution >= 4 is 11.4 Å². The van der Waals surface area contributed by atoms with Gasteiger partial charge < -0.3 is 9.73 Å². The first-order valence-corrected chi connectivity index (χ1v) is 5.86. The van der Waals surface area contributed by atoms with Crippen LogP contribution in [0, 0.1) is 15.9 Å². The Morgan fingerprint density at radius 3 is 2.68 bits per heavy atom. The van der Waals surface area contributed by atoms with Crippen LogP contribution in [0.15, 0.2) is 34.7 Å². The summed E-state index contributed by atoms with van der Waals surface area (Å²) >= 11 is 0. The molecule has 0 atom stereocenters. The van der Waals surface area contributed by atoms with Gasteiger partial charge in [0.25, 0.3) is 5.69 Å². The summed E-state index contributed by atoms with van der Waals surface area (Å²) in [6.45, 7) is 2.15. The number of hydrogen-bond donors (Lipinski definition) is 1. The second-order valence-electron chi connectivity index (χ2n) is 3.97. The summed E-state index contributed by atoms with van der Waals surface area (Å²) in [5, 5.41) is 13.5. The maximum atomic E-state index is 13.6. The van der Waals surface area contributed by atoms with E-state index in [1.807, 2.05) is 13.0 Å². The summed E-state index contributed by atoms with van der Waals surface area (Å²) in [7, 11) is 0. The molecule has 1 aromatic heterocycles. The minimum Gasteiger partial charge on any atom is -0.464 e. The van der Waals surface area contributed by atoms with E-state index in [4.69, 9.17) is 4.42 Å². The lowest BCUT2D eigenvalue weighted by atomic mass is 10.2. The number of nitro benzene ring substituents is 1. The average molecular weight is 264 g/mol. The highest BCUT2D eigenvalue weighted by molar-refractivity contribution is 5.62. The lowest BCUT2D eigenvalue weighted by molar-refractivity contribution is -0.384. The highest BCUT2D eigenvalue weighted by Gasteiger charge is 2.17. The smallest absolute Gasteiger partial charge is 0.295 e. The number of halogens is 1. The molecule has 1 N–H and O–H groups in total. The van der Waals surface area contributed by atoms with E-state index in [-0.39, 0.29) is 17.9 Å². The van der Waals surface area contributed by atoms with Gasteiger partial charge in [0.15, 0.2) is 5.82 Å². The van der Waals surface area contributed by atoms with Crippen LogP contribution in [0.3, 0.4) is 0 Å². The number of benzene rings is 1. The summed E-state index contributed by atoms with van der Waals surface area (Å²) in [5.74, 6) is 0.769. The molecule has 0 amide bonds. The van der Waals surface area contributed by atoms with Crippen LogP contribution >= 0.6 is 0 Å². The van der Waals surface area contributed by atoms with E-state index in [0.29, 0.717) is 5.76 Å². The Balaban J connectivity index is 2.17. The molecule has 1 aromatic carbocycles. The number of nitro groups is 1. The number of anilines is 1. The predicted octanol–water partition coefficient (Wildman–Crippen LogP) is 3.50. The number of furan rings is 1. The Morgan fingerprint density at radius 2 is 2.05 bits per heavy atom. The molecule has 0 unspecified atom stereocenters. The van der Waals surface area contributed by atoms with Crippen molar-refractivity contribution in [1.29, 1.82) is 0 Å². The number of aryl methyl sites for hydroxylation is 1. The first-order chi connectivity index (χ1) is 9.11. The van der Waals surface area contributed by atoms with Crippen LogP contribution in [0.5, 0.6) is 0 Å². The molecule has 1 heterocycles.